The van der Waals surface area contributed by atoms with Gasteiger partial charge in [-0.15, -0.1) is 0 Å². The fraction of sp³-hybridized carbons (Fsp3) is 0.591. The van der Waals surface area contributed by atoms with Gasteiger partial charge in [0.15, 0.2) is 11.8 Å². The van der Waals surface area contributed by atoms with E-state index in [2.05, 4.69) is 59.7 Å². The van der Waals surface area contributed by atoms with Crippen molar-refractivity contribution in [1.29, 1.82) is 0 Å². The number of nitrogens with one attached hydrogen (secondary N) is 2. The van der Waals surface area contributed by atoms with Crippen molar-refractivity contribution in [2.45, 2.75) is 60.4 Å². The number of aromatic nitrogens is 2. The van der Waals surface area contributed by atoms with Crippen molar-refractivity contribution in [3.8, 4) is 5.75 Å². The summed E-state index contributed by atoms with van der Waals surface area (Å²) in [7, 11) is 0. The Morgan fingerprint density at radius 2 is 2.07 bits per heavy atom. The summed E-state index contributed by atoms with van der Waals surface area (Å²) in [6, 6.07) is 6.30. The van der Waals surface area contributed by atoms with Crippen LogP contribution in [-0.4, -0.2) is 35.8 Å². The summed E-state index contributed by atoms with van der Waals surface area (Å²) < 4.78 is 11.2. The van der Waals surface area contributed by atoms with Gasteiger partial charge in [-0.2, -0.15) is 4.98 Å². The zero-order valence-corrected chi connectivity index (χ0v) is 18.4. The van der Waals surface area contributed by atoms with Gasteiger partial charge in [0.05, 0.1) is 13.2 Å². The van der Waals surface area contributed by atoms with Crippen LogP contribution in [0.2, 0.25) is 0 Å². The van der Waals surface area contributed by atoms with E-state index in [9.17, 15) is 0 Å². The van der Waals surface area contributed by atoms with Crippen molar-refractivity contribution in [1.82, 2.24) is 20.8 Å². The molecule has 7 heteroatoms. The lowest BCUT2D eigenvalue weighted by molar-refractivity contribution is 0.295. The first-order valence-electron chi connectivity index (χ1n) is 10.5. The molecule has 1 aromatic heterocycles. The second-order valence-electron chi connectivity index (χ2n) is 7.60. The van der Waals surface area contributed by atoms with Crippen LogP contribution < -0.4 is 15.4 Å². The fourth-order valence-electron chi connectivity index (χ4n) is 2.84. The first-order chi connectivity index (χ1) is 14.0. The summed E-state index contributed by atoms with van der Waals surface area (Å²) in [5.74, 6) is 3.66. The zero-order chi connectivity index (χ0) is 21.1. The van der Waals surface area contributed by atoms with Gasteiger partial charge < -0.3 is 19.9 Å². The largest absolute Gasteiger partial charge is 0.493 e. The first-order valence-corrected chi connectivity index (χ1v) is 10.5. The normalized spacial score (nSPS) is 11.7. The number of ether oxygens (including phenoxy) is 1. The number of aliphatic imine (C=N–C) groups is 1. The van der Waals surface area contributed by atoms with E-state index in [0.29, 0.717) is 37.1 Å². The van der Waals surface area contributed by atoms with E-state index in [1.54, 1.807) is 0 Å². The Labute approximate surface area is 174 Å². The van der Waals surface area contributed by atoms with E-state index >= 15 is 0 Å². The SMILES string of the molecule is CCNC(=NCc1ccc(C)cc1OCCCC(C)C)NCCc1nc(C)no1. The fourth-order valence-corrected chi connectivity index (χ4v) is 2.84. The molecule has 1 aromatic carbocycles. The van der Waals surface area contributed by atoms with Crippen LogP contribution in [0.3, 0.4) is 0 Å². The molecular weight excluding hydrogens is 366 g/mol. The molecule has 0 spiro atoms. The van der Waals surface area contributed by atoms with Crippen LogP contribution in [0.1, 0.15) is 56.5 Å². The van der Waals surface area contributed by atoms with Gasteiger partial charge in [-0.05, 0) is 51.2 Å². The molecule has 0 saturated heterocycles. The van der Waals surface area contributed by atoms with Crippen molar-refractivity contribution in [2.24, 2.45) is 10.9 Å². The number of aryl methyl sites for hydroxylation is 2. The molecule has 0 atom stereocenters. The molecule has 2 rings (SSSR count). The minimum atomic E-state index is 0.550. The Hall–Kier alpha value is -2.57. The van der Waals surface area contributed by atoms with E-state index in [0.717, 1.165) is 36.8 Å². The summed E-state index contributed by atoms with van der Waals surface area (Å²) in [6.45, 7) is 13.2. The van der Waals surface area contributed by atoms with E-state index in [1.165, 1.54) is 12.0 Å². The first kappa shape index (κ1) is 22.7. The third kappa shape index (κ3) is 8.54. The van der Waals surface area contributed by atoms with Crippen LogP contribution in [0.4, 0.5) is 0 Å². The Morgan fingerprint density at radius 1 is 1.24 bits per heavy atom. The van der Waals surface area contributed by atoms with E-state index in [4.69, 9.17) is 14.3 Å². The highest BCUT2D eigenvalue weighted by atomic mass is 16.5. The Balaban J connectivity index is 1.94. The highest BCUT2D eigenvalue weighted by Gasteiger charge is 2.07. The van der Waals surface area contributed by atoms with Crippen LogP contribution in [0.25, 0.3) is 0 Å². The summed E-state index contributed by atoms with van der Waals surface area (Å²) >= 11 is 0. The smallest absolute Gasteiger partial charge is 0.228 e. The van der Waals surface area contributed by atoms with Crippen molar-refractivity contribution in [3.05, 3.63) is 41.0 Å². The average molecular weight is 402 g/mol. The van der Waals surface area contributed by atoms with E-state index in [1.807, 2.05) is 13.8 Å². The number of guanidine groups is 1. The second kappa shape index (κ2) is 12.1. The molecule has 0 amide bonds. The minimum absolute atomic E-state index is 0.550. The number of nitrogens with zero attached hydrogens (tertiary/aromatic N) is 3. The van der Waals surface area contributed by atoms with Gasteiger partial charge in [0, 0.05) is 25.1 Å². The molecule has 2 aromatic rings. The van der Waals surface area contributed by atoms with Crippen molar-refractivity contribution >= 4 is 5.96 Å². The molecule has 0 saturated carbocycles. The Kier molecular flexibility index (Phi) is 9.47. The van der Waals surface area contributed by atoms with Crippen molar-refractivity contribution < 1.29 is 9.26 Å². The molecule has 7 nitrogen and oxygen atoms in total. The van der Waals surface area contributed by atoms with Gasteiger partial charge >= 0.3 is 0 Å². The van der Waals surface area contributed by atoms with Gasteiger partial charge in [-0.25, -0.2) is 4.99 Å². The van der Waals surface area contributed by atoms with Crippen LogP contribution in [0, 0.1) is 19.8 Å². The monoisotopic (exact) mass is 401 g/mol. The van der Waals surface area contributed by atoms with Gasteiger partial charge in [-0.3, -0.25) is 0 Å². The predicted molar refractivity (Wildman–Crippen MR) is 116 cm³/mol. The molecule has 0 aliphatic carbocycles. The predicted octanol–water partition coefficient (Wildman–Crippen LogP) is 3.80. The summed E-state index contributed by atoms with van der Waals surface area (Å²) in [4.78, 5) is 8.93. The molecule has 2 N–H and O–H groups in total. The molecule has 0 fully saturated rings. The molecule has 29 heavy (non-hydrogen) atoms. The molecule has 1 heterocycles. The van der Waals surface area contributed by atoms with Crippen LogP contribution in [0.5, 0.6) is 5.75 Å². The van der Waals surface area contributed by atoms with Crippen molar-refractivity contribution in [3.63, 3.8) is 0 Å². The lowest BCUT2D eigenvalue weighted by Gasteiger charge is -2.14. The molecule has 0 aliphatic rings. The number of hydrogen-bond donors (Lipinski definition) is 2. The molecular formula is C22H35N5O2. The van der Waals surface area contributed by atoms with E-state index < -0.39 is 0 Å². The minimum Gasteiger partial charge on any atom is -0.493 e. The third-order valence-electron chi connectivity index (χ3n) is 4.36. The second-order valence-corrected chi connectivity index (χ2v) is 7.60. The standard InChI is InChI=1S/C22H35N5O2/c1-6-23-22(24-12-11-21-26-18(5)27-29-21)25-15-19-10-9-17(4)14-20(19)28-13-7-8-16(2)3/h9-10,14,16H,6-8,11-13,15H2,1-5H3,(H2,23,24,25). The van der Waals surface area contributed by atoms with Gasteiger partial charge in [0.1, 0.15) is 5.75 Å². The Bertz CT molecular complexity index is 770. The summed E-state index contributed by atoms with van der Waals surface area (Å²) in [6.07, 6.45) is 2.89. The quantitative estimate of drug-likeness (QED) is 0.338. The highest BCUT2D eigenvalue weighted by Crippen LogP contribution is 2.22. The number of benzene rings is 1. The Morgan fingerprint density at radius 3 is 2.76 bits per heavy atom. The number of hydrogen-bond acceptors (Lipinski definition) is 5. The van der Waals surface area contributed by atoms with E-state index in [-0.39, 0.29) is 0 Å². The molecule has 0 bridgehead atoms. The van der Waals surface area contributed by atoms with Crippen molar-refractivity contribution in [2.75, 3.05) is 19.7 Å². The molecule has 0 radical (unpaired) electrons. The van der Waals surface area contributed by atoms with Gasteiger partial charge in [0.2, 0.25) is 5.89 Å². The summed E-state index contributed by atoms with van der Waals surface area (Å²) in [5, 5.41) is 10.4. The maximum atomic E-state index is 6.06. The molecule has 160 valence electrons. The van der Waals surface area contributed by atoms with Crippen LogP contribution in [0.15, 0.2) is 27.7 Å². The summed E-state index contributed by atoms with van der Waals surface area (Å²) in [5.41, 5.74) is 2.28. The highest BCUT2D eigenvalue weighted by molar-refractivity contribution is 5.79. The molecule has 0 unspecified atom stereocenters. The topological polar surface area (TPSA) is 84.6 Å². The van der Waals surface area contributed by atoms with Gasteiger partial charge in [0.25, 0.3) is 0 Å². The maximum Gasteiger partial charge on any atom is 0.228 e. The lowest BCUT2D eigenvalue weighted by Crippen LogP contribution is -2.38. The van der Waals surface area contributed by atoms with Gasteiger partial charge in [-0.1, -0.05) is 31.1 Å². The lowest BCUT2D eigenvalue weighted by atomic mass is 10.1. The van der Waals surface area contributed by atoms with Crippen LogP contribution >= 0.6 is 0 Å². The van der Waals surface area contributed by atoms with Crippen LogP contribution in [-0.2, 0) is 13.0 Å². The third-order valence-corrected chi connectivity index (χ3v) is 4.36. The maximum absolute atomic E-state index is 6.06. The molecule has 0 aliphatic heterocycles. The zero-order valence-electron chi connectivity index (χ0n) is 18.4. The average Bonchev–Trinajstić information content (AvgIpc) is 3.09. The number of rotatable bonds is 11.